The first-order valence-electron chi connectivity index (χ1n) is 10.2. The van der Waals surface area contributed by atoms with Gasteiger partial charge in [-0.3, -0.25) is 9.78 Å². The maximum absolute atomic E-state index is 13.3. The average Bonchev–Trinajstić information content (AvgIpc) is 2.74. The number of rotatable bonds is 6. The van der Waals surface area contributed by atoms with E-state index < -0.39 is 17.5 Å². The number of anilines is 2. The second-order valence-corrected chi connectivity index (χ2v) is 9.35. The van der Waals surface area contributed by atoms with E-state index in [-0.39, 0.29) is 5.91 Å². The number of nitrogen functional groups attached to an aromatic ring is 1. The lowest BCUT2D eigenvalue weighted by Crippen LogP contribution is -2.25. The highest BCUT2D eigenvalue weighted by Gasteiger charge is 2.24. The van der Waals surface area contributed by atoms with Crippen LogP contribution in [0.15, 0.2) is 71.3 Å². The molecule has 0 aliphatic carbocycles. The number of carbonyl (C=O) groups is 2. The molecule has 1 aromatic heterocycles. The van der Waals surface area contributed by atoms with Crippen LogP contribution in [-0.2, 0) is 16.0 Å². The summed E-state index contributed by atoms with van der Waals surface area (Å²) in [5, 5.41) is 2.88. The molecule has 1 amide bonds. The largest absolute Gasteiger partial charge is 0.456 e. The molecule has 1 unspecified atom stereocenters. The Morgan fingerprint density at radius 3 is 2.44 bits per heavy atom. The summed E-state index contributed by atoms with van der Waals surface area (Å²) in [6, 6.07) is 18.1. The van der Waals surface area contributed by atoms with E-state index in [0.29, 0.717) is 29.1 Å². The van der Waals surface area contributed by atoms with Crippen LogP contribution < -0.4 is 11.1 Å². The second kappa shape index (κ2) is 9.96. The Bertz CT molecular complexity index is 1090. The van der Waals surface area contributed by atoms with Crippen LogP contribution in [0.25, 0.3) is 0 Å². The predicted octanol–water partition coefficient (Wildman–Crippen LogP) is 5.35. The second-order valence-electron chi connectivity index (χ2n) is 8.44. The molecule has 166 valence electrons. The van der Waals surface area contributed by atoms with Crippen molar-refractivity contribution in [1.82, 2.24) is 4.98 Å². The van der Waals surface area contributed by atoms with Gasteiger partial charge in [0.25, 0.3) is 0 Å². The lowest BCUT2D eigenvalue weighted by molar-refractivity contribution is -0.117. The molecule has 0 saturated carbocycles. The quantitative estimate of drug-likeness (QED) is 0.355. The van der Waals surface area contributed by atoms with Crippen molar-refractivity contribution in [2.75, 3.05) is 11.1 Å². The minimum atomic E-state index is -0.629. The number of pyridine rings is 1. The molecule has 3 rings (SSSR count). The summed E-state index contributed by atoms with van der Waals surface area (Å²) < 4.78 is 6.25. The maximum Gasteiger partial charge on any atom is 0.338 e. The van der Waals surface area contributed by atoms with Crippen LogP contribution in [0.4, 0.5) is 11.4 Å². The molecule has 2 aromatic carbocycles. The molecule has 3 aromatic rings. The van der Waals surface area contributed by atoms with Gasteiger partial charge >= 0.3 is 5.97 Å². The minimum Gasteiger partial charge on any atom is -0.456 e. The van der Waals surface area contributed by atoms with Crippen molar-refractivity contribution in [3.8, 4) is 0 Å². The lowest BCUT2D eigenvalue weighted by atomic mass is 9.94. The number of hydrogen-bond donors (Lipinski definition) is 2. The van der Waals surface area contributed by atoms with Crippen LogP contribution in [-0.4, -0.2) is 22.5 Å². The van der Waals surface area contributed by atoms with E-state index >= 15 is 0 Å². The van der Waals surface area contributed by atoms with E-state index in [2.05, 4.69) is 26.2 Å². The number of ether oxygens (including phenoxy) is 1. The topological polar surface area (TPSA) is 94.3 Å². The van der Waals surface area contributed by atoms with Crippen molar-refractivity contribution >= 4 is 39.2 Å². The lowest BCUT2D eigenvalue weighted by Gasteiger charge is -2.20. The normalized spacial score (nSPS) is 12.1. The molecule has 0 fully saturated rings. The zero-order chi connectivity index (χ0) is 23.3. The Morgan fingerprint density at radius 1 is 1.09 bits per heavy atom. The van der Waals surface area contributed by atoms with Gasteiger partial charge in [-0.1, -0.05) is 30.3 Å². The molecular weight excluding hydrogens is 470 g/mol. The van der Waals surface area contributed by atoms with Gasteiger partial charge in [0.1, 0.15) is 5.60 Å². The first-order chi connectivity index (χ1) is 15.1. The highest BCUT2D eigenvalue weighted by molar-refractivity contribution is 9.10. The summed E-state index contributed by atoms with van der Waals surface area (Å²) in [5.41, 5.74) is 8.12. The SMILES string of the molecule is CC(C)(C)OC(=O)c1ccc(N)c(NC(=O)C(Cc2ccccc2)c2ccc(Br)cn2)c1. The number of halogens is 1. The van der Waals surface area contributed by atoms with E-state index in [4.69, 9.17) is 10.5 Å². The van der Waals surface area contributed by atoms with Crippen LogP contribution >= 0.6 is 15.9 Å². The third kappa shape index (κ3) is 6.40. The zero-order valence-electron chi connectivity index (χ0n) is 18.3. The third-order valence-corrected chi connectivity index (χ3v) is 5.12. The number of hydrogen-bond acceptors (Lipinski definition) is 5. The number of carbonyl (C=O) groups excluding carboxylic acids is 2. The van der Waals surface area contributed by atoms with E-state index in [0.717, 1.165) is 10.0 Å². The standard InChI is InChI=1S/C25H26BrN3O3/c1-25(2,3)32-24(31)17-9-11-20(27)22(14-17)29-23(30)19(13-16-7-5-4-6-8-16)21-12-10-18(26)15-28-21/h4-12,14-15,19H,13,27H2,1-3H3,(H,29,30). The van der Waals surface area contributed by atoms with Crippen molar-refractivity contribution in [2.45, 2.75) is 38.7 Å². The first kappa shape index (κ1) is 23.5. The Balaban J connectivity index is 1.87. The van der Waals surface area contributed by atoms with Gasteiger partial charge in [0, 0.05) is 10.7 Å². The molecule has 7 heteroatoms. The molecule has 1 atom stereocenters. The van der Waals surface area contributed by atoms with Crippen molar-refractivity contribution in [3.05, 3.63) is 88.2 Å². The van der Waals surface area contributed by atoms with Crippen LogP contribution in [0.2, 0.25) is 0 Å². The molecule has 0 bridgehead atoms. The van der Waals surface area contributed by atoms with Gasteiger partial charge in [-0.05, 0) is 79.0 Å². The zero-order valence-corrected chi connectivity index (χ0v) is 19.8. The number of nitrogens with two attached hydrogens (primary N) is 1. The van der Waals surface area contributed by atoms with Crippen molar-refractivity contribution < 1.29 is 14.3 Å². The fraction of sp³-hybridized carbons (Fsp3) is 0.240. The summed E-state index contributed by atoms with van der Waals surface area (Å²) >= 11 is 3.38. The highest BCUT2D eigenvalue weighted by Crippen LogP contribution is 2.26. The van der Waals surface area contributed by atoms with Gasteiger partial charge in [0.05, 0.1) is 28.6 Å². The van der Waals surface area contributed by atoms with Gasteiger partial charge in [-0.2, -0.15) is 0 Å². The number of aromatic nitrogens is 1. The third-order valence-electron chi connectivity index (χ3n) is 4.65. The molecule has 0 aliphatic rings. The summed E-state index contributed by atoms with van der Waals surface area (Å²) in [6.07, 6.45) is 2.13. The molecular formula is C25H26BrN3O3. The van der Waals surface area contributed by atoms with E-state index in [1.807, 2.05) is 42.5 Å². The average molecular weight is 496 g/mol. The Labute approximate surface area is 196 Å². The first-order valence-corrected chi connectivity index (χ1v) is 11.0. The van der Waals surface area contributed by atoms with Crippen molar-refractivity contribution in [3.63, 3.8) is 0 Å². The maximum atomic E-state index is 13.3. The van der Waals surface area contributed by atoms with Gasteiger partial charge in [0.2, 0.25) is 5.91 Å². The molecule has 32 heavy (non-hydrogen) atoms. The van der Waals surface area contributed by atoms with Crippen LogP contribution in [0.3, 0.4) is 0 Å². The molecule has 0 radical (unpaired) electrons. The molecule has 3 N–H and O–H groups in total. The van der Waals surface area contributed by atoms with Gasteiger partial charge in [-0.15, -0.1) is 0 Å². The Kier molecular flexibility index (Phi) is 7.30. The number of benzene rings is 2. The molecule has 0 saturated heterocycles. The summed E-state index contributed by atoms with van der Waals surface area (Å²) in [7, 11) is 0. The van der Waals surface area contributed by atoms with Crippen molar-refractivity contribution in [2.24, 2.45) is 0 Å². The summed E-state index contributed by atoms with van der Waals surface area (Å²) in [4.78, 5) is 30.2. The van der Waals surface area contributed by atoms with Crippen LogP contribution in [0, 0.1) is 0 Å². The highest BCUT2D eigenvalue weighted by atomic mass is 79.9. The minimum absolute atomic E-state index is 0.267. The van der Waals surface area contributed by atoms with Crippen LogP contribution in [0.5, 0.6) is 0 Å². The van der Waals surface area contributed by atoms with E-state index in [1.54, 1.807) is 39.1 Å². The summed E-state index contributed by atoms with van der Waals surface area (Å²) in [5.74, 6) is -1.30. The molecule has 6 nitrogen and oxygen atoms in total. The number of amides is 1. The van der Waals surface area contributed by atoms with E-state index in [9.17, 15) is 9.59 Å². The van der Waals surface area contributed by atoms with Gasteiger partial charge < -0.3 is 15.8 Å². The number of nitrogens with zero attached hydrogens (tertiary/aromatic N) is 1. The summed E-state index contributed by atoms with van der Waals surface area (Å²) in [6.45, 7) is 5.39. The van der Waals surface area contributed by atoms with Crippen LogP contribution in [0.1, 0.15) is 48.3 Å². The Morgan fingerprint density at radius 2 is 1.81 bits per heavy atom. The van der Waals surface area contributed by atoms with Gasteiger partial charge in [0.15, 0.2) is 0 Å². The monoisotopic (exact) mass is 495 g/mol. The molecule has 0 aliphatic heterocycles. The van der Waals surface area contributed by atoms with Gasteiger partial charge in [-0.25, -0.2) is 4.79 Å². The predicted molar refractivity (Wildman–Crippen MR) is 129 cm³/mol. The molecule has 0 spiro atoms. The molecule has 1 heterocycles. The van der Waals surface area contributed by atoms with E-state index in [1.165, 1.54) is 6.07 Å². The van der Waals surface area contributed by atoms with Crippen molar-refractivity contribution in [1.29, 1.82) is 0 Å². The number of esters is 1. The fourth-order valence-electron chi connectivity index (χ4n) is 3.12. The number of nitrogens with one attached hydrogen (secondary N) is 1. The smallest absolute Gasteiger partial charge is 0.338 e. The Hall–Kier alpha value is -3.19. The fourth-order valence-corrected chi connectivity index (χ4v) is 3.36.